The van der Waals surface area contributed by atoms with E-state index in [1.54, 1.807) is 0 Å². The first-order valence-corrected chi connectivity index (χ1v) is 26.1. The van der Waals surface area contributed by atoms with E-state index in [1.165, 1.54) is 193 Å². The fourth-order valence-electron chi connectivity index (χ4n) is 8.37. The molecule has 61 heavy (non-hydrogen) atoms. The molecule has 1 fully saturated rings. The van der Waals surface area contributed by atoms with Crippen LogP contribution in [0.3, 0.4) is 0 Å². The Morgan fingerprint density at radius 1 is 0.443 bits per heavy atom. The van der Waals surface area contributed by atoms with Gasteiger partial charge in [0.1, 0.15) is 31.0 Å². The summed E-state index contributed by atoms with van der Waals surface area (Å²) in [7, 11) is 0. The number of carbonyl (C=O) groups is 2. The maximum atomic E-state index is 12.8. The zero-order valence-corrected chi connectivity index (χ0v) is 39.7. The van der Waals surface area contributed by atoms with Crippen LogP contribution < -0.4 is 0 Å². The second kappa shape index (κ2) is 42.6. The molecular formula is C51H98O10. The highest BCUT2D eigenvalue weighted by Gasteiger charge is 2.44. The van der Waals surface area contributed by atoms with Gasteiger partial charge in [0.15, 0.2) is 12.4 Å². The van der Waals surface area contributed by atoms with Crippen LogP contribution in [0.5, 0.6) is 0 Å². The van der Waals surface area contributed by atoms with Crippen LogP contribution in [-0.4, -0.2) is 89.0 Å². The molecule has 1 aliphatic heterocycles. The standard InChI is InChI=1S/C51H98O10/c1-3-5-7-9-11-13-15-17-19-20-21-22-23-24-25-26-28-30-32-34-36-38-40-47(54)60-44(43-59-51-50(57)49(56)48(55)45(41-52)61-51)42-58-46(53)39-37-35-33-31-29-27-18-16-14-12-10-8-6-4-2/h44-45,48-52,55-57H,3-43H2,1-2H3/t44-,45-,48+,49?,50?,51-/m1/s1. The van der Waals surface area contributed by atoms with Gasteiger partial charge in [0.05, 0.1) is 13.2 Å². The number of hydrogen-bond acceptors (Lipinski definition) is 10. The Hall–Kier alpha value is -1.30. The number of aliphatic hydroxyl groups is 4. The second-order valence-corrected chi connectivity index (χ2v) is 18.3. The molecule has 0 spiro atoms. The van der Waals surface area contributed by atoms with Crippen LogP contribution in [0.4, 0.5) is 0 Å². The molecule has 2 unspecified atom stereocenters. The molecule has 10 nitrogen and oxygen atoms in total. The summed E-state index contributed by atoms with van der Waals surface area (Å²) >= 11 is 0. The second-order valence-electron chi connectivity index (χ2n) is 18.3. The van der Waals surface area contributed by atoms with Gasteiger partial charge in [-0.05, 0) is 12.8 Å². The van der Waals surface area contributed by atoms with Crippen LogP contribution >= 0.6 is 0 Å². The van der Waals surface area contributed by atoms with E-state index in [0.717, 1.165) is 32.1 Å². The number of ether oxygens (including phenoxy) is 4. The van der Waals surface area contributed by atoms with Crippen LogP contribution in [0, 0.1) is 0 Å². The topological polar surface area (TPSA) is 152 Å². The molecule has 1 rings (SSSR count). The molecule has 0 aromatic carbocycles. The first-order valence-electron chi connectivity index (χ1n) is 26.1. The minimum atomic E-state index is -1.59. The van der Waals surface area contributed by atoms with E-state index < -0.39 is 49.4 Å². The molecule has 1 heterocycles. The maximum Gasteiger partial charge on any atom is 0.306 e. The number of hydrogen-bond donors (Lipinski definition) is 4. The monoisotopic (exact) mass is 871 g/mol. The Bertz CT molecular complexity index is 964. The first kappa shape index (κ1) is 57.7. The normalized spacial score (nSPS) is 19.6. The lowest BCUT2D eigenvalue weighted by Crippen LogP contribution is -2.59. The molecule has 0 radical (unpaired) electrons. The van der Waals surface area contributed by atoms with Gasteiger partial charge in [-0.2, -0.15) is 0 Å². The Kier molecular flexibility index (Phi) is 40.3. The van der Waals surface area contributed by atoms with Gasteiger partial charge in [0.2, 0.25) is 0 Å². The average Bonchev–Trinajstić information content (AvgIpc) is 3.26. The van der Waals surface area contributed by atoms with Crippen molar-refractivity contribution in [2.24, 2.45) is 0 Å². The smallest absolute Gasteiger partial charge is 0.306 e. The summed E-state index contributed by atoms with van der Waals surface area (Å²) in [4.78, 5) is 25.4. The lowest BCUT2D eigenvalue weighted by Gasteiger charge is -2.39. The molecular weight excluding hydrogens is 773 g/mol. The van der Waals surface area contributed by atoms with Crippen molar-refractivity contribution in [3.63, 3.8) is 0 Å². The fourth-order valence-corrected chi connectivity index (χ4v) is 8.37. The summed E-state index contributed by atoms with van der Waals surface area (Å²) in [5.74, 6) is -0.786. The number of carbonyl (C=O) groups excluding carboxylic acids is 2. The van der Waals surface area contributed by atoms with Crippen LogP contribution in [0.1, 0.15) is 258 Å². The van der Waals surface area contributed by atoms with Crippen molar-refractivity contribution in [2.45, 2.75) is 295 Å². The summed E-state index contributed by atoms with van der Waals surface area (Å²) in [6.07, 6.45) is 38.3. The van der Waals surface area contributed by atoms with Gasteiger partial charge in [0.25, 0.3) is 0 Å². The van der Waals surface area contributed by atoms with Gasteiger partial charge in [0, 0.05) is 12.8 Å². The predicted molar refractivity (Wildman–Crippen MR) is 247 cm³/mol. The third-order valence-corrected chi connectivity index (χ3v) is 12.5. The van der Waals surface area contributed by atoms with E-state index in [4.69, 9.17) is 18.9 Å². The first-order chi connectivity index (χ1) is 29.8. The van der Waals surface area contributed by atoms with E-state index in [2.05, 4.69) is 13.8 Å². The van der Waals surface area contributed by atoms with Crippen molar-refractivity contribution >= 4 is 11.9 Å². The maximum absolute atomic E-state index is 12.8. The van der Waals surface area contributed by atoms with Crippen molar-refractivity contribution in [1.82, 2.24) is 0 Å². The quantitative estimate of drug-likeness (QED) is 0.0344. The molecule has 4 N–H and O–H groups in total. The summed E-state index contributed by atoms with van der Waals surface area (Å²) in [5, 5.41) is 40.2. The molecule has 362 valence electrons. The van der Waals surface area contributed by atoms with E-state index in [1.807, 2.05) is 0 Å². The number of rotatable bonds is 45. The molecule has 0 bridgehead atoms. The van der Waals surface area contributed by atoms with Gasteiger partial charge in [-0.15, -0.1) is 0 Å². The minimum absolute atomic E-state index is 0.208. The van der Waals surface area contributed by atoms with Crippen molar-refractivity contribution in [2.75, 3.05) is 19.8 Å². The Morgan fingerprint density at radius 2 is 0.770 bits per heavy atom. The van der Waals surface area contributed by atoms with Gasteiger partial charge >= 0.3 is 11.9 Å². The van der Waals surface area contributed by atoms with Gasteiger partial charge in [-0.3, -0.25) is 9.59 Å². The Morgan fingerprint density at radius 3 is 1.11 bits per heavy atom. The van der Waals surface area contributed by atoms with Gasteiger partial charge in [-0.1, -0.05) is 232 Å². The van der Waals surface area contributed by atoms with Crippen molar-refractivity contribution in [3.8, 4) is 0 Å². The zero-order valence-electron chi connectivity index (χ0n) is 39.7. The predicted octanol–water partition coefficient (Wildman–Crippen LogP) is 12.1. The van der Waals surface area contributed by atoms with Crippen molar-refractivity contribution < 1.29 is 49.0 Å². The van der Waals surface area contributed by atoms with Gasteiger partial charge in [-0.25, -0.2) is 0 Å². The van der Waals surface area contributed by atoms with E-state index in [-0.39, 0.29) is 32.0 Å². The highest BCUT2D eigenvalue weighted by atomic mass is 16.7. The van der Waals surface area contributed by atoms with Crippen LogP contribution in [-0.2, 0) is 28.5 Å². The number of aliphatic hydroxyl groups excluding tert-OH is 4. The third kappa shape index (κ3) is 33.8. The van der Waals surface area contributed by atoms with E-state index in [9.17, 15) is 30.0 Å². The third-order valence-electron chi connectivity index (χ3n) is 12.5. The minimum Gasteiger partial charge on any atom is -0.462 e. The lowest BCUT2D eigenvalue weighted by molar-refractivity contribution is -0.305. The summed E-state index contributed by atoms with van der Waals surface area (Å²) < 4.78 is 22.3. The highest BCUT2D eigenvalue weighted by Crippen LogP contribution is 2.23. The molecule has 0 saturated carbocycles. The van der Waals surface area contributed by atoms with Crippen molar-refractivity contribution in [3.05, 3.63) is 0 Å². The van der Waals surface area contributed by atoms with E-state index >= 15 is 0 Å². The zero-order chi connectivity index (χ0) is 44.4. The molecule has 6 atom stereocenters. The van der Waals surface area contributed by atoms with Crippen LogP contribution in [0.15, 0.2) is 0 Å². The number of unbranched alkanes of at least 4 members (excludes halogenated alkanes) is 34. The van der Waals surface area contributed by atoms with Crippen LogP contribution in [0.2, 0.25) is 0 Å². The SMILES string of the molecule is CCCCCCCCCCCCCCCCCCCCCCCCC(=O)O[C@H](COC(=O)CCCCCCCCCCCCCCCC)CO[C@@H]1O[C@H](CO)[C@H](O)C(O)C1O. The largest absolute Gasteiger partial charge is 0.462 e. The van der Waals surface area contributed by atoms with E-state index in [0.29, 0.717) is 6.42 Å². The van der Waals surface area contributed by atoms with Crippen molar-refractivity contribution in [1.29, 1.82) is 0 Å². The summed E-state index contributed by atoms with van der Waals surface area (Å²) in [6.45, 7) is 3.48. The molecule has 1 saturated heterocycles. The molecule has 0 amide bonds. The summed E-state index contributed by atoms with van der Waals surface area (Å²) in [5.41, 5.74) is 0. The average molecular weight is 871 g/mol. The molecule has 0 aliphatic carbocycles. The summed E-state index contributed by atoms with van der Waals surface area (Å²) in [6, 6.07) is 0. The Balaban J connectivity index is 2.21. The molecule has 10 heteroatoms. The Labute approximate surface area is 374 Å². The highest BCUT2D eigenvalue weighted by molar-refractivity contribution is 5.70. The number of esters is 2. The van der Waals surface area contributed by atoms with Gasteiger partial charge < -0.3 is 39.4 Å². The molecule has 0 aromatic heterocycles. The lowest BCUT2D eigenvalue weighted by atomic mass is 9.99. The fraction of sp³-hybridized carbons (Fsp3) is 0.961. The van der Waals surface area contributed by atoms with Crippen LogP contribution in [0.25, 0.3) is 0 Å². The molecule has 0 aromatic rings. The molecule has 1 aliphatic rings.